The van der Waals surface area contributed by atoms with Crippen molar-refractivity contribution in [3.8, 4) is 5.75 Å². The molecule has 120 valence electrons. The van der Waals surface area contributed by atoms with E-state index in [1.165, 1.54) is 11.1 Å². The summed E-state index contributed by atoms with van der Waals surface area (Å²) in [6, 6.07) is 6.95. The molecule has 0 spiro atoms. The van der Waals surface area contributed by atoms with Crippen molar-refractivity contribution in [3.05, 3.63) is 29.3 Å². The van der Waals surface area contributed by atoms with Crippen LogP contribution in [0.2, 0.25) is 0 Å². The van der Waals surface area contributed by atoms with Crippen LogP contribution in [-0.4, -0.2) is 12.6 Å². The Morgan fingerprint density at radius 3 is 2.24 bits per heavy atom. The fourth-order valence-electron chi connectivity index (χ4n) is 2.68. The van der Waals surface area contributed by atoms with Gasteiger partial charge in [0.05, 0.1) is 6.61 Å². The van der Waals surface area contributed by atoms with Gasteiger partial charge in [-0.05, 0) is 54.7 Å². The van der Waals surface area contributed by atoms with Crippen LogP contribution in [-0.2, 0) is 6.42 Å². The Balaban J connectivity index is 2.82. The zero-order chi connectivity index (χ0) is 16.0. The Bertz CT molecular complexity index is 424. The molecule has 2 nitrogen and oxygen atoms in total. The SMILES string of the molecule is CC(C)COc1ccc(CC(C)CC(C)N)cc1C(C)C. The number of hydrogen-bond acceptors (Lipinski definition) is 2. The van der Waals surface area contributed by atoms with Crippen molar-refractivity contribution in [1.82, 2.24) is 0 Å². The molecule has 1 rings (SSSR count). The highest BCUT2D eigenvalue weighted by Gasteiger charge is 2.12. The van der Waals surface area contributed by atoms with Crippen LogP contribution in [0.4, 0.5) is 0 Å². The van der Waals surface area contributed by atoms with Gasteiger partial charge in [0, 0.05) is 6.04 Å². The van der Waals surface area contributed by atoms with Crippen molar-refractivity contribution in [2.75, 3.05) is 6.61 Å². The number of benzene rings is 1. The van der Waals surface area contributed by atoms with E-state index in [1.807, 2.05) is 0 Å². The van der Waals surface area contributed by atoms with Gasteiger partial charge in [-0.1, -0.05) is 46.8 Å². The van der Waals surface area contributed by atoms with Crippen molar-refractivity contribution >= 4 is 0 Å². The molecule has 0 aromatic heterocycles. The molecule has 0 aliphatic heterocycles. The van der Waals surface area contributed by atoms with Crippen LogP contribution in [0.1, 0.15) is 65.0 Å². The Morgan fingerprint density at radius 2 is 1.71 bits per heavy atom. The molecule has 2 unspecified atom stereocenters. The first-order valence-corrected chi connectivity index (χ1v) is 8.30. The summed E-state index contributed by atoms with van der Waals surface area (Å²) in [5.41, 5.74) is 8.61. The number of nitrogens with two attached hydrogens (primary N) is 1. The van der Waals surface area contributed by atoms with Crippen molar-refractivity contribution in [1.29, 1.82) is 0 Å². The van der Waals surface area contributed by atoms with Gasteiger partial charge >= 0.3 is 0 Å². The van der Waals surface area contributed by atoms with Crippen molar-refractivity contribution in [2.45, 2.75) is 66.3 Å². The van der Waals surface area contributed by atoms with E-state index in [1.54, 1.807) is 0 Å². The average Bonchev–Trinajstić information content (AvgIpc) is 2.35. The van der Waals surface area contributed by atoms with E-state index in [4.69, 9.17) is 10.5 Å². The van der Waals surface area contributed by atoms with Crippen LogP contribution in [0.5, 0.6) is 5.75 Å². The molecule has 0 radical (unpaired) electrons. The molecule has 0 heterocycles. The summed E-state index contributed by atoms with van der Waals surface area (Å²) in [5.74, 6) is 2.70. The smallest absolute Gasteiger partial charge is 0.122 e. The highest BCUT2D eigenvalue weighted by Crippen LogP contribution is 2.29. The van der Waals surface area contributed by atoms with Gasteiger partial charge in [0.1, 0.15) is 5.75 Å². The summed E-state index contributed by atoms with van der Waals surface area (Å²) in [6.07, 6.45) is 2.16. The molecule has 0 fully saturated rings. The highest BCUT2D eigenvalue weighted by atomic mass is 16.5. The van der Waals surface area contributed by atoms with Crippen molar-refractivity contribution < 1.29 is 4.74 Å². The first-order valence-electron chi connectivity index (χ1n) is 8.30. The fourth-order valence-corrected chi connectivity index (χ4v) is 2.68. The third kappa shape index (κ3) is 6.52. The maximum absolute atomic E-state index is 5.96. The Labute approximate surface area is 131 Å². The molecule has 0 aliphatic rings. The van der Waals surface area contributed by atoms with Crippen LogP contribution in [0.15, 0.2) is 18.2 Å². The minimum atomic E-state index is 0.276. The van der Waals surface area contributed by atoms with Crippen LogP contribution < -0.4 is 10.5 Å². The maximum Gasteiger partial charge on any atom is 0.122 e. The Kier molecular flexibility index (Phi) is 7.24. The van der Waals surface area contributed by atoms with Gasteiger partial charge < -0.3 is 10.5 Å². The van der Waals surface area contributed by atoms with Crippen LogP contribution in [0, 0.1) is 11.8 Å². The normalized spacial score (nSPS) is 14.5. The summed E-state index contributed by atoms with van der Waals surface area (Å²) < 4.78 is 5.96. The fraction of sp³-hybridized carbons (Fsp3) is 0.684. The Hall–Kier alpha value is -1.02. The van der Waals surface area contributed by atoms with E-state index in [0.717, 1.165) is 25.2 Å². The summed E-state index contributed by atoms with van der Waals surface area (Å²) in [6.45, 7) is 14.0. The summed E-state index contributed by atoms with van der Waals surface area (Å²) in [4.78, 5) is 0. The lowest BCUT2D eigenvalue weighted by Gasteiger charge is -2.19. The second-order valence-electron chi connectivity index (χ2n) is 7.25. The molecule has 21 heavy (non-hydrogen) atoms. The second kappa shape index (κ2) is 8.43. The monoisotopic (exact) mass is 291 g/mol. The van der Waals surface area contributed by atoms with E-state index >= 15 is 0 Å². The third-order valence-electron chi connectivity index (χ3n) is 3.63. The topological polar surface area (TPSA) is 35.2 Å². The predicted molar refractivity (Wildman–Crippen MR) is 92.0 cm³/mol. The molecule has 0 bridgehead atoms. The van der Waals surface area contributed by atoms with E-state index in [9.17, 15) is 0 Å². The van der Waals surface area contributed by atoms with Crippen LogP contribution >= 0.6 is 0 Å². The van der Waals surface area contributed by atoms with Crippen LogP contribution in [0.3, 0.4) is 0 Å². The summed E-state index contributed by atoms with van der Waals surface area (Å²) >= 11 is 0. The number of rotatable bonds is 8. The van der Waals surface area contributed by atoms with E-state index in [0.29, 0.717) is 17.8 Å². The number of ether oxygens (including phenoxy) is 1. The summed E-state index contributed by atoms with van der Waals surface area (Å²) in [5, 5.41) is 0. The second-order valence-corrected chi connectivity index (χ2v) is 7.25. The number of hydrogen-bond donors (Lipinski definition) is 1. The molecule has 1 aromatic carbocycles. The lowest BCUT2D eigenvalue weighted by molar-refractivity contribution is 0.267. The van der Waals surface area contributed by atoms with E-state index in [-0.39, 0.29) is 6.04 Å². The average molecular weight is 291 g/mol. The molecular formula is C19H33NO. The quantitative estimate of drug-likeness (QED) is 0.749. The predicted octanol–water partition coefficient (Wildman–Crippen LogP) is 4.76. The lowest BCUT2D eigenvalue weighted by atomic mass is 9.92. The van der Waals surface area contributed by atoms with Gasteiger partial charge in [-0.3, -0.25) is 0 Å². The first-order chi connectivity index (χ1) is 9.79. The minimum Gasteiger partial charge on any atom is -0.493 e. The molecule has 2 heteroatoms. The largest absolute Gasteiger partial charge is 0.493 e. The van der Waals surface area contributed by atoms with Gasteiger partial charge in [-0.15, -0.1) is 0 Å². The van der Waals surface area contributed by atoms with Gasteiger partial charge in [-0.2, -0.15) is 0 Å². The van der Waals surface area contributed by atoms with Gasteiger partial charge in [-0.25, -0.2) is 0 Å². The third-order valence-corrected chi connectivity index (χ3v) is 3.63. The van der Waals surface area contributed by atoms with Crippen molar-refractivity contribution in [3.63, 3.8) is 0 Å². The van der Waals surface area contributed by atoms with Crippen molar-refractivity contribution in [2.24, 2.45) is 17.6 Å². The molecule has 2 atom stereocenters. The minimum absolute atomic E-state index is 0.276. The first kappa shape index (κ1) is 18.0. The van der Waals surface area contributed by atoms with Gasteiger partial charge in [0.2, 0.25) is 0 Å². The molecule has 0 amide bonds. The zero-order valence-electron chi connectivity index (χ0n) is 14.6. The molecule has 2 N–H and O–H groups in total. The summed E-state index contributed by atoms with van der Waals surface area (Å²) in [7, 11) is 0. The standard InChI is InChI=1S/C19H33NO/c1-13(2)12-21-19-8-7-17(11-18(19)14(3)4)10-15(5)9-16(6)20/h7-8,11,13-16H,9-10,12,20H2,1-6H3. The molecule has 0 saturated carbocycles. The van der Waals surface area contributed by atoms with E-state index in [2.05, 4.69) is 59.7 Å². The maximum atomic E-state index is 5.96. The van der Waals surface area contributed by atoms with E-state index < -0.39 is 0 Å². The van der Waals surface area contributed by atoms with Crippen LogP contribution in [0.25, 0.3) is 0 Å². The van der Waals surface area contributed by atoms with Gasteiger partial charge in [0.15, 0.2) is 0 Å². The molecular weight excluding hydrogens is 258 g/mol. The molecule has 0 aliphatic carbocycles. The molecule has 1 aromatic rings. The molecule has 0 saturated heterocycles. The lowest BCUT2D eigenvalue weighted by Crippen LogP contribution is -2.19. The Morgan fingerprint density at radius 1 is 1.05 bits per heavy atom. The highest BCUT2D eigenvalue weighted by molar-refractivity contribution is 5.39. The van der Waals surface area contributed by atoms with Gasteiger partial charge in [0.25, 0.3) is 0 Å². The zero-order valence-corrected chi connectivity index (χ0v) is 14.6.